The topological polar surface area (TPSA) is 37.4 Å². The molecule has 1 fully saturated rings. The summed E-state index contributed by atoms with van der Waals surface area (Å²) in [5.41, 5.74) is 1.29. The van der Waals surface area contributed by atoms with E-state index in [1.165, 1.54) is 0 Å². The van der Waals surface area contributed by atoms with Crippen LogP contribution in [0.4, 0.5) is 0 Å². The molecule has 3 heteroatoms. The number of ketones is 1. The van der Waals surface area contributed by atoms with Gasteiger partial charge in [-0.1, -0.05) is 0 Å². The number of fused-ring (bicyclic) bond motifs is 1. The van der Waals surface area contributed by atoms with E-state index >= 15 is 0 Å². The number of rotatable bonds is 0. The summed E-state index contributed by atoms with van der Waals surface area (Å²) in [6.07, 6.45) is 2.51. The molecule has 2 rings (SSSR count). The number of carbonyl (C=O) groups excluding carboxylic acids is 2. The highest BCUT2D eigenvalue weighted by atomic mass is 16.2. The number of hydrogen-bond donors (Lipinski definition) is 0. The number of hydrogen-bond acceptors (Lipinski definition) is 2. The van der Waals surface area contributed by atoms with E-state index < -0.39 is 0 Å². The summed E-state index contributed by atoms with van der Waals surface area (Å²) < 4.78 is 0. The Kier molecular flexibility index (Phi) is 2.41. The Balaban J connectivity index is 2.41. The average molecular weight is 207 g/mol. The largest absolute Gasteiger partial charge is 0.333 e. The lowest BCUT2D eigenvalue weighted by atomic mass is 10.0. The summed E-state index contributed by atoms with van der Waals surface area (Å²) in [6.45, 7) is 5.60. The lowest BCUT2D eigenvalue weighted by Gasteiger charge is -2.26. The molecule has 0 N–H and O–H groups in total. The fourth-order valence-electron chi connectivity index (χ4n) is 2.57. The molecule has 3 nitrogen and oxygen atoms in total. The van der Waals surface area contributed by atoms with Crippen molar-refractivity contribution in [2.45, 2.75) is 52.1 Å². The molecule has 2 heterocycles. The van der Waals surface area contributed by atoms with E-state index in [1.54, 1.807) is 13.8 Å². The second-order valence-electron chi connectivity index (χ2n) is 4.67. The maximum atomic E-state index is 12.1. The molecule has 15 heavy (non-hydrogen) atoms. The van der Waals surface area contributed by atoms with Gasteiger partial charge in [0, 0.05) is 29.7 Å². The van der Waals surface area contributed by atoms with E-state index in [4.69, 9.17) is 0 Å². The number of carbonyl (C=O) groups is 2. The first-order valence-electron chi connectivity index (χ1n) is 5.55. The van der Waals surface area contributed by atoms with E-state index in [9.17, 15) is 9.59 Å². The Morgan fingerprint density at radius 2 is 1.80 bits per heavy atom. The van der Waals surface area contributed by atoms with Crippen molar-refractivity contribution in [2.24, 2.45) is 0 Å². The minimum atomic E-state index is 0.0633. The molecule has 82 valence electrons. The van der Waals surface area contributed by atoms with Crippen LogP contribution in [0.15, 0.2) is 11.1 Å². The molecule has 2 aliphatic rings. The fraction of sp³-hybridized carbons (Fsp3) is 0.667. The molecule has 0 spiro atoms. The van der Waals surface area contributed by atoms with Crippen molar-refractivity contribution < 1.29 is 9.59 Å². The Hall–Kier alpha value is -1.12. The van der Waals surface area contributed by atoms with Gasteiger partial charge in [-0.25, -0.2) is 0 Å². The number of Topliss-reactive ketones (excluding diaryl/α,β-unsaturated/α-hetero) is 1. The highest BCUT2D eigenvalue weighted by molar-refractivity contribution is 6.07. The molecule has 0 aromatic heterocycles. The van der Waals surface area contributed by atoms with Crippen molar-refractivity contribution in [3.63, 3.8) is 0 Å². The van der Waals surface area contributed by atoms with E-state index in [1.807, 2.05) is 4.90 Å². The van der Waals surface area contributed by atoms with Crippen molar-refractivity contribution >= 4 is 11.7 Å². The second kappa shape index (κ2) is 3.47. The minimum absolute atomic E-state index is 0.0633. The molecule has 0 bridgehead atoms. The molecule has 2 atom stereocenters. The first-order chi connectivity index (χ1) is 7.02. The Morgan fingerprint density at radius 3 is 2.47 bits per heavy atom. The third kappa shape index (κ3) is 1.50. The smallest absolute Gasteiger partial charge is 0.250 e. The van der Waals surface area contributed by atoms with Crippen LogP contribution in [-0.2, 0) is 9.59 Å². The van der Waals surface area contributed by atoms with Crippen LogP contribution < -0.4 is 0 Å². The molecule has 0 saturated carbocycles. The van der Waals surface area contributed by atoms with Crippen LogP contribution in [0.1, 0.15) is 40.0 Å². The van der Waals surface area contributed by atoms with Gasteiger partial charge in [-0.2, -0.15) is 0 Å². The fourth-order valence-corrected chi connectivity index (χ4v) is 2.57. The lowest BCUT2D eigenvalue weighted by molar-refractivity contribution is -0.129. The molecule has 0 aromatic carbocycles. The Morgan fingerprint density at radius 1 is 1.13 bits per heavy atom. The average Bonchev–Trinajstić information content (AvgIpc) is 2.53. The number of allylic oxidation sites excluding steroid dienone is 1. The van der Waals surface area contributed by atoms with Crippen LogP contribution in [0.5, 0.6) is 0 Å². The number of amides is 1. The molecule has 0 aliphatic carbocycles. The summed E-state index contributed by atoms with van der Waals surface area (Å²) in [6, 6.07) is 0.434. The molecule has 0 aromatic rings. The van der Waals surface area contributed by atoms with Gasteiger partial charge in [0.1, 0.15) is 0 Å². The third-order valence-electron chi connectivity index (χ3n) is 3.74. The predicted octanol–water partition coefficient (Wildman–Crippen LogP) is 1.68. The highest BCUT2D eigenvalue weighted by Gasteiger charge is 2.38. The zero-order valence-electron chi connectivity index (χ0n) is 9.54. The lowest BCUT2D eigenvalue weighted by Crippen LogP contribution is -2.39. The SMILES string of the molecule is CC1=C(C)C(=O)N2[C@H](CC[C@H]2C)CC1=O. The van der Waals surface area contributed by atoms with E-state index in [2.05, 4.69) is 6.92 Å². The summed E-state index contributed by atoms with van der Waals surface area (Å²) >= 11 is 0. The van der Waals surface area contributed by atoms with E-state index in [-0.39, 0.29) is 23.8 Å². The quantitative estimate of drug-likeness (QED) is 0.606. The van der Waals surface area contributed by atoms with E-state index in [0.29, 0.717) is 17.6 Å². The van der Waals surface area contributed by atoms with Crippen LogP contribution in [0.25, 0.3) is 0 Å². The summed E-state index contributed by atoms with van der Waals surface area (Å²) in [4.78, 5) is 25.8. The minimum Gasteiger partial charge on any atom is -0.333 e. The zero-order chi connectivity index (χ0) is 11.2. The van der Waals surface area contributed by atoms with Gasteiger partial charge in [-0.3, -0.25) is 9.59 Å². The summed E-state index contributed by atoms with van der Waals surface area (Å²) in [7, 11) is 0. The standard InChI is InChI=1S/C12H17NO2/c1-7-4-5-10-6-11(14)8(2)9(3)12(15)13(7)10/h7,10H,4-6H2,1-3H3/t7-,10-/m1/s1. The van der Waals surface area contributed by atoms with Gasteiger partial charge < -0.3 is 4.90 Å². The van der Waals surface area contributed by atoms with Gasteiger partial charge >= 0.3 is 0 Å². The normalized spacial score (nSPS) is 32.1. The van der Waals surface area contributed by atoms with Gasteiger partial charge in [0.05, 0.1) is 0 Å². The van der Waals surface area contributed by atoms with Gasteiger partial charge in [0.2, 0.25) is 5.91 Å². The predicted molar refractivity (Wildman–Crippen MR) is 57.3 cm³/mol. The van der Waals surface area contributed by atoms with Crippen molar-refractivity contribution in [1.82, 2.24) is 4.90 Å². The molecule has 0 radical (unpaired) electrons. The molecule has 2 aliphatic heterocycles. The number of nitrogens with zero attached hydrogens (tertiary/aromatic N) is 1. The van der Waals surface area contributed by atoms with Crippen molar-refractivity contribution in [2.75, 3.05) is 0 Å². The van der Waals surface area contributed by atoms with Crippen molar-refractivity contribution in [1.29, 1.82) is 0 Å². The molecule has 0 unspecified atom stereocenters. The van der Waals surface area contributed by atoms with Crippen molar-refractivity contribution in [3.8, 4) is 0 Å². The Labute approximate surface area is 90.1 Å². The van der Waals surface area contributed by atoms with E-state index in [0.717, 1.165) is 12.8 Å². The maximum Gasteiger partial charge on any atom is 0.250 e. The van der Waals surface area contributed by atoms with Gasteiger partial charge in [-0.15, -0.1) is 0 Å². The summed E-state index contributed by atoms with van der Waals surface area (Å²) in [5, 5.41) is 0. The van der Waals surface area contributed by atoms with Gasteiger partial charge in [0.15, 0.2) is 5.78 Å². The van der Waals surface area contributed by atoms with Crippen LogP contribution in [0.2, 0.25) is 0 Å². The maximum absolute atomic E-state index is 12.1. The molecular formula is C12H17NO2. The van der Waals surface area contributed by atoms with Gasteiger partial charge in [0.25, 0.3) is 0 Å². The van der Waals surface area contributed by atoms with Crippen LogP contribution >= 0.6 is 0 Å². The Bertz CT molecular complexity index is 357. The zero-order valence-corrected chi connectivity index (χ0v) is 9.54. The second-order valence-corrected chi connectivity index (χ2v) is 4.67. The van der Waals surface area contributed by atoms with Crippen molar-refractivity contribution in [3.05, 3.63) is 11.1 Å². The van der Waals surface area contributed by atoms with Crippen LogP contribution in [0.3, 0.4) is 0 Å². The molecule has 1 amide bonds. The summed E-state index contributed by atoms with van der Waals surface area (Å²) in [5.74, 6) is 0.204. The molecule has 1 saturated heterocycles. The molecular weight excluding hydrogens is 190 g/mol. The van der Waals surface area contributed by atoms with Crippen LogP contribution in [0, 0.1) is 0 Å². The highest BCUT2D eigenvalue weighted by Crippen LogP contribution is 2.31. The van der Waals surface area contributed by atoms with Gasteiger partial charge in [-0.05, 0) is 33.6 Å². The third-order valence-corrected chi connectivity index (χ3v) is 3.74. The first-order valence-corrected chi connectivity index (χ1v) is 5.55. The van der Waals surface area contributed by atoms with Crippen LogP contribution in [-0.4, -0.2) is 28.7 Å². The first kappa shape index (κ1) is 10.4. The monoisotopic (exact) mass is 207 g/mol.